The summed E-state index contributed by atoms with van der Waals surface area (Å²) in [6.45, 7) is 1.88. The normalized spacial score (nSPS) is 14.3. The van der Waals surface area contributed by atoms with E-state index in [4.69, 9.17) is 11.6 Å². The van der Waals surface area contributed by atoms with Crippen LogP contribution in [-0.4, -0.2) is 22.5 Å². The second-order valence-electron chi connectivity index (χ2n) is 5.36. The van der Waals surface area contributed by atoms with Crippen molar-refractivity contribution in [1.82, 2.24) is 0 Å². The lowest BCUT2D eigenvalue weighted by atomic mass is 10.1. The van der Waals surface area contributed by atoms with E-state index in [1.807, 2.05) is 6.92 Å². The maximum absolute atomic E-state index is 13.0. The maximum Gasteiger partial charge on any atom is 0.272 e. The van der Waals surface area contributed by atoms with Gasteiger partial charge in [0.1, 0.15) is 0 Å². The molecule has 0 saturated heterocycles. The summed E-state index contributed by atoms with van der Waals surface area (Å²) in [6, 6.07) is 12.0. The predicted octanol–water partition coefficient (Wildman–Crippen LogP) is 4.29. The molecule has 0 unspecified atom stereocenters. The van der Waals surface area contributed by atoms with E-state index in [-0.39, 0.29) is 11.3 Å². The number of anilines is 1. The van der Waals surface area contributed by atoms with Crippen LogP contribution in [0.4, 0.5) is 11.4 Å². The predicted molar refractivity (Wildman–Crippen MR) is 102 cm³/mol. The topological polar surface area (TPSA) is 80.5 Å². The van der Waals surface area contributed by atoms with Crippen LogP contribution >= 0.6 is 23.4 Å². The van der Waals surface area contributed by atoms with Gasteiger partial charge in [-0.05, 0) is 47.7 Å². The van der Waals surface area contributed by atoms with E-state index in [9.17, 15) is 19.7 Å². The van der Waals surface area contributed by atoms with Crippen LogP contribution in [0.5, 0.6) is 0 Å². The van der Waals surface area contributed by atoms with Crippen LogP contribution in [0.1, 0.15) is 12.5 Å². The Kier molecular flexibility index (Phi) is 5.11. The van der Waals surface area contributed by atoms with Crippen molar-refractivity contribution in [3.05, 3.63) is 74.1 Å². The lowest BCUT2D eigenvalue weighted by Crippen LogP contribution is -2.31. The van der Waals surface area contributed by atoms with Gasteiger partial charge in [-0.2, -0.15) is 0 Å². The van der Waals surface area contributed by atoms with Crippen molar-refractivity contribution in [2.24, 2.45) is 0 Å². The summed E-state index contributed by atoms with van der Waals surface area (Å²) >= 11 is 7.15. The molecule has 2 aromatic rings. The van der Waals surface area contributed by atoms with Gasteiger partial charge in [0.25, 0.3) is 17.5 Å². The van der Waals surface area contributed by atoms with Crippen LogP contribution in [0, 0.1) is 10.1 Å². The molecule has 132 valence electrons. The lowest BCUT2D eigenvalue weighted by molar-refractivity contribution is -0.384. The Morgan fingerprint density at radius 3 is 2.19 bits per heavy atom. The van der Waals surface area contributed by atoms with Crippen LogP contribution in [0.15, 0.2) is 53.4 Å². The van der Waals surface area contributed by atoms with E-state index in [0.717, 1.165) is 4.90 Å². The maximum atomic E-state index is 13.0. The molecule has 0 atom stereocenters. The molecule has 6 nitrogen and oxygen atoms in total. The van der Waals surface area contributed by atoms with Gasteiger partial charge in [0, 0.05) is 17.2 Å². The van der Waals surface area contributed by atoms with Crippen molar-refractivity contribution in [2.75, 3.05) is 10.7 Å². The molecule has 0 aromatic heterocycles. The first-order valence-electron chi connectivity index (χ1n) is 7.70. The summed E-state index contributed by atoms with van der Waals surface area (Å²) in [5.74, 6) is -0.251. The highest BCUT2D eigenvalue weighted by atomic mass is 35.5. The zero-order valence-corrected chi connectivity index (χ0v) is 15.2. The first kappa shape index (κ1) is 18.2. The number of carbonyl (C=O) groups is 2. The van der Waals surface area contributed by atoms with Crippen LogP contribution in [0.25, 0.3) is 5.57 Å². The van der Waals surface area contributed by atoms with E-state index in [1.54, 1.807) is 24.3 Å². The summed E-state index contributed by atoms with van der Waals surface area (Å²) in [5, 5.41) is 11.3. The smallest absolute Gasteiger partial charge is 0.268 e. The number of amides is 2. The second kappa shape index (κ2) is 7.31. The molecule has 2 amide bonds. The minimum absolute atomic E-state index is 0.0784. The summed E-state index contributed by atoms with van der Waals surface area (Å²) in [4.78, 5) is 37.6. The summed E-state index contributed by atoms with van der Waals surface area (Å²) in [6.07, 6.45) is 0. The van der Waals surface area contributed by atoms with E-state index >= 15 is 0 Å². The fourth-order valence-corrected chi connectivity index (χ4v) is 3.60. The van der Waals surface area contributed by atoms with Crippen molar-refractivity contribution in [1.29, 1.82) is 0 Å². The van der Waals surface area contributed by atoms with Gasteiger partial charge in [-0.3, -0.25) is 19.7 Å². The number of imide groups is 1. The van der Waals surface area contributed by atoms with Crippen LogP contribution in [0.3, 0.4) is 0 Å². The number of halogens is 1. The number of nitro groups is 1. The Hall–Kier alpha value is -2.64. The van der Waals surface area contributed by atoms with Crippen molar-refractivity contribution < 1.29 is 14.5 Å². The molecule has 0 fully saturated rings. The molecule has 0 spiro atoms. The van der Waals surface area contributed by atoms with E-state index < -0.39 is 16.7 Å². The SMILES string of the molecule is CCSC1=C(c2ccc([N+](=O)[O-])cc2)C(=O)N(c2ccc(Cl)cc2)C1=O. The van der Waals surface area contributed by atoms with Gasteiger partial charge >= 0.3 is 0 Å². The average Bonchev–Trinajstić information content (AvgIpc) is 2.87. The molecule has 3 rings (SSSR count). The van der Waals surface area contributed by atoms with Gasteiger partial charge in [0.15, 0.2) is 0 Å². The average molecular weight is 389 g/mol. The fourth-order valence-electron chi connectivity index (χ4n) is 2.62. The molecule has 0 saturated carbocycles. The van der Waals surface area contributed by atoms with Gasteiger partial charge in [0.05, 0.1) is 21.1 Å². The Balaban J connectivity index is 2.05. The molecule has 0 aliphatic carbocycles. The quantitative estimate of drug-likeness (QED) is 0.433. The summed E-state index contributed by atoms with van der Waals surface area (Å²) in [5.41, 5.74) is 1.08. The number of hydrogen-bond donors (Lipinski definition) is 0. The molecule has 1 heterocycles. The Morgan fingerprint density at radius 2 is 1.65 bits per heavy atom. The van der Waals surface area contributed by atoms with Gasteiger partial charge in [-0.15, -0.1) is 11.8 Å². The number of benzene rings is 2. The first-order valence-corrected chi connectivity index (χ1v) is 9.06. The number of hydrogen-bond acceptors (Lipinski definition) is 5. The Labute approximate surface area is 158 Å². The highest BCUT2D eigenvalue weighted by Gasteiger charge is 2.40. The van der Waals surface area contributed by atoms with Crippen molar-refractivity contribution >= 4 is 52.1 Å². The Bertz CT molecular complexity index is 923. The van der Waals surface area contributed by atoms with Crippen LogP contribution in [-0.2, 0) is 9.59 Å². The van der Waals surface area contributed by atoms with Gasteiger partial charge < -0.3 is 0 Å². The molecule has 2 aromatic carbocycles. The van der Waals surface area contributed by atoms with E-state index in [2.05, 4.69) is 0 Å². The van der Waals surface area contributed by atoms with Crippen LogP contribution in [0.2, 0.25) is 5.02 Å². The summed E-state index contributed by atoms with van der Waals surface area (Å²) in [7, 11) is 0. The standard InChI is InChI=1S/C18H13ClN2O4S/c1-2-26-16-15(11-3-7-14(8-4-11)21(24)25)17(22)20(18(16)23)13-9-5-12(19)6-10-13/h3-10H,2H2,1H3. The number of thioether (sulfide) groups is 1. The number of non-ortho nitro benzene ring substituents is 1. The third-order valence-corrected chi connectivity index (χ3v) is 4.99. The van der Waals surface area contributed by atoms with Gasteiger partial charge in [-0.25, -0.2) is 4.90 Å². The minimum Gasteiger partial charge on any atom is -0.268 e. The molecular formula is C18H13ClN2O4S. The van der Waals surface area contributed by atoms with Gasteiger partial charge in [0.2, 0.25) is 0 Å². The lowest BCUT2D eigenvalue weighted by Gasteiger charge is -2.15. The number of nitrogens with zero attached hydrogens (tertiary/aromatic N) is 2. The zero-order chi connectivity index (χ0) is 18.8. The second-order valence-corrected chi connectivity index (χ2v) is 7.07. The summed E-state index contributed by atoms with van der Waals surface area (Å²) < 4.78 is 0. The molecule has 1 aliphatic heterocycles. The fraction of sp³-hybridized carbons (Fsp3) is 0.111. The molecule has 26 heavy (non-hydrogen) atoms. The largest absolute Gasteiger partial charge is 0.272 e. The van der Waals surface area contributed by atoms with Gasteiger partial charge in [-0.1, -0.05) is 18.5 Å². The number of nitro benzene ring substituents is 1. The first-order chi connectivity index (χ1) is 12.4. The molecule has 0 radical (unpaired) electrons. The molecule has 8 heteroatoms. The highest BCUT2D eigenvalue weighted by Crippen LogP contribution is 2.38. The van der Waals surface area contributed by atoms with E-state index in [1.165, 1.54) is 36.0 Å². The zero-order valence-electron chi connectivity index (χ0n) is 13.6. The van der Waals surface area contributed by atoms with Crippen LogP contribution < -0.4 is 4.90 Å². The van der Waals surface area contributed by atoms with E-state index in [0.29, 0.717) is 26.9 Å². The third-order valence-electron chi connectivity index (χ3n) is 3.78. The minimum atomic E-state index is -0.512. The molecule has 0 bridgehead atoms. The molecule has 0 N–H and O–H groups in total. The number of rotatable bonds is 5. The highest BCUT2D eigenvalue weighted by molar-refractivity contribution is 8.04. The van der Waals surface area contributed by atoms with Crippen molar-refractivity contribution in [2.45, 2.75) is 6.92 Å². The monoisotopic (exact) mass is 388 g/mol. The van der Waals surface area contributed by atoms with Crippen molar-refractivity contribution in [3.63, 3.8) is 0 Å². The third kappa shape index (κ3) is 3.23. The number of carbonyl (C=O) groups excluding carboxylic acids is 2. The Morgan fingerprint density at radius 1 is 1.04 bits per heavy atom. The van der Waals surface area contributed by atoms with Crippen molar-refractivity contribution in [3.8, 4) is 0 Å². The molecular weight excluding hydrogens is 376 g/mol. The molecule has 1 aliphatic rings.